The topological polar surface area (TPSA) is 66.8 Å². The third-order valence-electron chi connectivity index (χ3n) is 7.30. The van der Waals surface area contributed by atoms with Gasteiger partial charge in [-0.25, -0.2) is 4.79 Å². The largest absolute Gasteiger partial charge is 0.458 e. The zero-order chi connectivity index (χ0) is 17.7. The number of hydrogen-bond acceptors (Lipinski definition) is 4. The van der Waals surface area contributed by atoms with Crippen LogP contribution in [0.5, 0.6) is 0 Å². The summed E-state index contributed by atoms with van der Waals surface area (Å²) in [5.74, 6) is 0.238. The molecular weight excluding hydrogens is 304 g/mol. The summed E-state index contributed by atoms with van der Waals surface area (Å²) < 4.78 is 5.12. The van der Waals surface area contributed by atoms with Crippen molar-refractivity contribution in [2.45, 2.75) is 52.6 Å². The molecule has 2 N–H and O–H groups in total. The fourth-order valence-electron chi connectivity index (χ4n) is 5.99. The Morgan fingerprint density at radius 1 is 1.42 bits per heavy atom. The third-order valence-corrected chi connectivity index (χ3v) is 7.30. The van der Waals surface area contributed by atoms with Gasteiger partial charge < -0.3 is 14.9 Å². The van der Waals surface area contributed by atoms with E-state index in [2.05, 4.69) is 20.4 Å². The molecule has 134 valence electrons. The van der Waals surface area contributed by atoms with E-state index < -0.39 is 11.5 Å². The molecule has 0 bridgehead atoms. The minimum Gasteiger partial charge on any atom is -0.458 e. The van der Waals surface area contributed by atoms with Crippen molar-refractivity contribution in [3.8, 4) is 0 Å². The van der Waals surface area contributed by atoms with Crippen molar-refractivity contribution in [2.75, 3.05) is 13.2 Å². The second-order valence-corrected chi connectivity index (χ2v) is 8.50. The Kier molecular flexibility index (Phi) is 4.42. The number of rotatable bonds is 3. The lowest BCUT2D eigenvalue weighted by atomic mass is 9.44. The molecule has 2 unspecified atom stereocenters. The Bertz CT molecular complexity index is 580. The average molecular weight is 334 g/mol. The molecule has 0 aromatic carbocycles. The first-order valence-corrected chi connectivity index (χ1v) is 9.09. The van der Waals surface area contributed by atoms with Crippen molar-refractivity contribution >= 4 is 5.97 Å². The van der Waals surface area contributed by atoms with Crippen LogP contribution >= 0.6 is 0 Å². The van der Waals surface area contributed by atoms with Crippen molar-refractivity contribution in [3.05, 3.63) is 23.8 Å². The van der Waals surface area contributed by atoms with Crippen LogP contribution in [0.4, 0.5) is 0 Å². The number of fused-ring (bicyclic) bond motifs is 1. The highest BCUT2D eigenvalue weighted by atomic mass is 16.5. The van der Waals surface area contributed by atoms with E-state index in [4.69, 9.17) is 4.74 Å². The number of aliphatic hydroxyl groups excluding tert-OH is 2. The van der Waals surface area contributed by atoms with Gasteiger partial charge in [0.15, 0.2) is 0 Å². The van der Waals surface area contributed by atoms with Crippen molar-refractivity contribution < 1.29 is 19.7 Å². The quantitative estimate of drug-likeness (QED) is 0.615. The Hall–Kier alpha value is -1.13. The van der Waals surface area contributed by atoms with Gasteiger partial charge in [-0.1, -0.05) is 32.9 Å². The summed E-state index contributed by atoms with van der Waals surface area (Å²) in [6, 6.07) is 0. The Balaban J connectivity index is 1.99. The highest BCUT2D eigenvalue weighted by molar-refractivity contribution is 5.91. The van der Waals surface area contributed by atoms with E-state index in [0.29, 0.717) is 13.0 Å². The molecule has 3 aliphatic rings. The molecule has 0 aromatic heterocycles. The maximum Gasteiger partial charge on any atom is 0.334 e. The van der Waals surface area contributed by atoms with Crippen LogP contribution in [0.25, 0.3) is 0 Å². The molecule has 1 heterocycles. The summed E-state index contributed by atoms with van der Waals surface area (Å²) in [5, 5.41) is 20.6. The summed E-state index contributed by atoms with van der Waals surface area (Å²) in [6.07, 6.45) is 4.83. The molecule has 4 nitrogen and oxygen atoms in total. The number of carbonyl (C=O) groups is 1. The number of allylic oxidation sites excluding steroid dienone is 1. The minimum atomic E-state index is -0.490. The molecule has 0 aromatic rings. The van der Waals surface area contributed by atoms with Gasteiger partial charge in [-0.3, -0.25) is 0 Å². The van der Waals surface area contributed by atoms with Gasteiger partial charge in [0, 0.05) is 11.0 Å². The Morgan fingerprint density at radius 2 is 2.12 bits per heavy atom. The monoisotopic (exact) mass is 334 g/mol. The predicted octanol–water partition coefficient (Wildman–Crippen LogP) is 2.85. The van der Waals surface area contributed by atoms with E-state index in [1.165, 1.54) is 5.57 Å². The molecule has 0 saturated heterocycles. The molecule has 0 amide bonds. The van der Waals surface area contributed by atoms with Crippen molar-refractivity contribution in [2.24, 2.45) is 28.6 Å². The Labute approximate surface area is 144 Å². The first kappa shape index (κ1) is 17.7. The fourth-order valence-corrected chi connectivity index (χ4v) is 5.99. The van der Waals surface area contributed by atoms with Crippen LogP contribution in [-0.2, 0) is 9.53 Å². The number of cyclic esters (lactones) is 1. The molecule has 0 radical (unpaired) electrons. The molecule has 2 fully saturated rings. The Morgan fingerprint density at radius 3 is 2.71 bits per heavy atom. The van der Waals surface area contributed by atoms with Crippen LogP contribution in [-0.4, -0.2) is 35.5 Å². The maximum atomic E-state index is 12.1. The second-order valence-electron chi connectivity index (χ2n) is 8.50. The molecule has 4 heteroatoms. The third kappa shape index (κ3) is 2.38. The summed E-state index contributed by atoms with van der Waals surface area (Å²) in [6.45, 7) is 11.1. The smallest absolute Gasteiger partial charge is 0.334 e. The summed E-state index contributed by atoms with van der Waals surface area (Å²) in [4.78, 5) is 12.1. The van der Waals surface area contributed by atoms with Gasteiger partial charge in [0.25, 0.3) is 0 Å². The molecule has 3 rings (SSSR count). The standard InChI is InChI=1S/C20H30O4/c1-12-5-6-15-19(3,9-7-16(22)20(15,4)11-21)17(12)13(2)14-8-10-24-18(14)23/h8,13,15-17,21-22H,1,5-7,9-11H2,2-4H3/t13?,15?,16-,17+,19-,20+/m1/s1. The zero-order valence-corrected chi connectivity index (χ0v) is 15.0. The summed E-state index contributed by atoms with van der Waals surface area (Å²) in [5.41, 5.74) is 1.39. The first-order valence-electron chi connectivity index (χ1n) is 9.09. The highest BCUT2D eigenvalue weighted by Gasteiger charge is 2.59. The van der Waals surface area contributed by atoms with E-state index in [0.717, 1.165) is 24.8 Å². The SMILES string of the molecule is C=C1CCC2[C@](C)(CO)[C@H](O)CC[C@@]2(C)[C@@H]1C(C)C1=CCOC1=O. The molecule has 2 aliphatic carbocycles. The fraction of sp³-hybridized carbons (Fsp3) is 0.750. The lowest BCUT2D eigenvalue weighted by molar-refractivity contribution is -0.157. The van der Waals surface area contributed by atoms with Gasteiger partial charge in [0.2, 0.25) is 0 Å². The molecular formula is C20H30O4. The molecule has 2 saturated carbocycles. The molecule has 24 heavy (non-hydrogen) atoms. The van der Waals surface area contributed by atoms with Crippen molar-refractivity contribution in [1.82, 2.24) is 0 Å². The van der Waals surface area contributed by atoms with E-state index in [1.807, 2.05) is 13.0 Å². The number of aliphatic hydroxyl groups is 2. The van der Waals surface area contributed by atoms with Gasteiger partial charge in [0.05, 0.1) is 12.7 Å². The van der Waals surface area contributed by atoms with E-state index in [1.54, 1.807) is 0 Å². The zero-order valence-electron chi connectivity index (χ0n) is 15.0. The molecule has 6 atom stereocenters. The normalized spacial score (nSPS) is 43.9. The highest BCUT2D eigenvalue weighted by Crippen LogP contribution is 2.63. The lowest BCUT2D eigenvalue weighted by Crippen LogP contribution is -2.58. The maximum absolute atomic E-state index is 12.1. The van der Waals surface area contributed by atoms with Gasteiger partial charge in [0.1, 0.15) is 6.61 Å². The van der Waals surface area contributed by atoms with E-state index in [9.17, 15) is 15.0 Å². The molecule has 1 aliphatic heterocycles. The number of ether oxygens (including phenoxy) is 1. The summed E-state index contributed by atoms with van der Waals surface area (Å²) >= 11 is 0. The van der Waals surface area contributed by atoms with Crippen LogP contribution in [0.1, 0.15) is 46.5 Å². The minimum absolute atomic E-state index is 0.00720. The van der Waals surface area contributed by atoms with E-state index in [-0.39, 0.29) is 35.7 Å². The van der Waals surface area contributed by atoms with Crippen molar-refractivity contribution in [3.63, 3.8) is 0 Å². The van der Waals surface area contributed by atoms with Crippen LogP contribution in [0.15, 0.2) is 23.8 Å². The summed E-state index contributed by atoms with van der Waals surface area (Å²) in [7, 11) is 0. The molecule has 0 spiro atoms. The van der Waals surface area contributed by atoms with Crippen LogP contribution < -0.4 is 0 Å². The predicted molar refractivity (Wildman–Crippen MR) is 92.1 cm³/mol. The number of hydrogen-bond donors (Lipinski definition) is 2. The van der Waals surface area contributed by atoms with Crippen LogP contribution in [0.3, 0.4) is 0 Å². The van der Waals surface area contributed by atoms with Gasteiger partial charge in [-0.15, -0.1) is 0 Å². The average Bonchev–Trinajstić information content (AvgIpc) is 2.97. The lowest BCUT2D eigenvalue weighted by Gasteiger charge is -2.61. The van der Waals surface area contributed by atoms with Crippen molar-refractivity contribution in [1.29, 1.82) is 0 Å². The van der Waals surface area contributed by atoms with E-state index >= 15 is 0 Å². The van der Waals surface area contributed by atoms with Crippen LogP contribution in [0, 0.1) is 28.6 Å². The van der Waals surface area contributed by atoms with Gasteiger partial charge >= 0.3 is 5.97 Å². The van der Waals surface area contributed by atoms with Crippen LogP contribution in [0.2, 0.25) is 0 Å². The second kappa shape index (κ2) is 5.99. The number of carbonyl (C=O) groups excluding carboxylic acids is 1. The van der Waals surface area contributed by atoms with Gasteiger partial charge in [-0.2, -0.15) is 0 Å². The number of esters is 1. The first-order chi connectivity index (χ1) is 11.3. The van der Waals surface area contributed by atoms with Gasteiger partial charge in [-0.05, 0) is 54.9 Å².